The minimum Gasteiger partial charge on any atom is -0.472 e. The fourth-order valence-electron chi connectivity index (χ4n) is 7.95. The van der Waals surface area contributed by atoms with Crippen molar-refractivity contribution in [2.45, 2.75) is 39.7 Å². The van der Waals surface area contributed by atoms with Crippen LogP contribution < -0.4 is 14.5 Å². The largest absolute Gasteiger partial charge is 0.472 e. The summed E-state index contributed by atoms with van der Waals surface area (Å²) in [5, 5.41) is 1.20. The first-order valence-corrected chi connectivity index (χ1v) is 16.9. The average Bonchev–Trinajstić information content (AvgIpc) is 3.61. The summed E-state index contributed by atoms with van der Waals surface area (Å²) in [6.07, 6.45) is 0.878. The highest BCUT2D eigenvalue weighted by molar-refractivity contribution is 5.99. The number of rotatable bonds is 8. The molecule has 230 valence electrons. The van der Waals surface area contributed by atoms with Gasteiger partial charge in [0.05, 0.1) is 5.69 Å². The molecule has 2 heterocycles. The van der Waals surface area contributed by atoms with Gasteiger partial charge in [-0.15, -0.1) is 0 Å². The van der Waals surface area contributed by atoms with Gasteiger partial charge in [0.1, 0.15) is 5.75 Å². The minimum atomic E-state index is -0.781. The van der Waals surface area contributed by atoms with Crippen molar-refractivity contribution < 1.29 is 4.74 Å². The van der Waals surface area contributed by atoms with Gasteiger partial charge in [-0.1, -0.05) is 66.7 Å². The lowest BCUT2D eigenvalue weighted by Gasteiger charge is -2.38. The van der Waals surface area contributed by atoms with E-state index >= 15 is 0 Å². The van der Waals surface area contributed by atoms with Crippen molar-refractivity contribution in [3.63, 3.8) is 0 Å². The van der Waals surface area contributed by atoms with E-state index in [0.29, 0.717) is 0 Å². The molecule has 46 heavy (non-hydrogen) atoms. The molecule has 1 N–H and O–H groups in total. The maximum atomic E-state index is 7.49. The number of H-pyrrole nitrogens is 1. The summed E-state index contributed by atoms with van der Waals surface area (Å²) in [4.78, 5) is 8.74. The van der Waals surface area contributed by atoms with Gasteiger partial charge in [0, 0.05) is 70.7 Å². The first-order chi connectivity index (χ1) is 22.6. The Bertz CT molecular complexity index is 2010. The van der Waals surface area contributed by atoms with Crippen molar-refractivity contribution in [3.8, 4) is 28.1 Å². The zero-order valence-electron chi connectivity index (χ0n) is 27.2. The van der Waals surface area contributed by atoms with Crippen LogP contribution in [0, 0.1) is 0 Å². The molecular weight excluding hydrogens is 562 g/mol. The molecule has 0 atom stereocenters. The lowest BCUT2D eigenvalue weighted by molar-refractivity contribution is 0.158. The summed E-state index contributed by atoms with van der Waals surface area (Å²) in [6, 6.07) is 40.2. The molecule has 1 aliphatic heterocycles. The van der Waals surface area contributed by atoms with Crippen LogP contribution in [0.5, 0.6) is 5.75 Å². The van der Waals surface area contributed by atoms with Gasteiger partial charge in [-0.05, 0) is 98.8 Å². The minimum absolute atomic E-state index is 0.781. The second-order valence-corrected chi connectivity index (χ2v) is 12.5. The third-order valence-corrected chi connectivity index (χ3v) is 10.2. The Balaban J connectivity index is 1.39. The predicted octanol–water partition coefficient (Wildman–Crippen LogP) is 9.78. The highest BCUT2D eigenvalue weighted by Crippen LogP contribution is 2.61. The van der Waals surface area contributed by atoms with Crippen LogP contribution in [0.1, 0.15) is 55.5 Å². The van der Waals surface area contributed by atoms with E-state index in [1.54, 1.807) is 0 Å². The molecule has 6 aromatic rings. The SMILES string of the molecule is CCN(CC)c1ccc2c(c1)-c1cc(N(CC)CC)ccc1C21Oc2ccc(Cc3ccccc3)cc2-c2[nH]c3ccccc3c21. The van der Waals surface area contributed by atoms with Crippen molar-refractivity contribution in [3.05, 3.63) is 137 Å². The van der Waals surface area contributed by atoms with Gasteiger partial charge in [0.2, 0.25) is 0 Å². The van der Waals surface area contributed by atoms with Crippen molar-refractivity contribution in [1.82, 2.24) is 4.98 Å². The van der Waals surface area contributed by atoms with Gasteiger partial charge < -0.3 is 19.5 Å². The van der Waals surface area contributed by atoms with Crippen molar-refractivity contribution in [2.24, 2.45) is 0 Å². The second kappa shape index (κ2) is 11.1. The summed E-state index contributed by atoms with van der Waals surface area (Å²) in [5.74, 6) is 0.912. The summed E-state index contributed by atoms with van der Waals surface area (Å²) < 4.78 is 7.49. The first kappa shape index (κ1) is 28.5. The number of anilines is 2. The number of aromatic nitrogens is 1. The van der Waals surface area contributed by atoms with E-state index in [1.807, 2.05) is 0 Å². The number of aromatic amines is 1. The van der Waals surface area contributed by atoms with E-state index in [2.05, 4.69) is 152 Å². The molecule has 1 aliphatic carbocycles. The molecule has 0 bridgehead atoms. The zero-order chi connectivity index (χ0) is 31.4. The number of ether oxygens (including phenoxy) is 1. The van der Waals surface area contributed by atoms with Gasteiger partial charge >= 0.3 is 0 Å². The van der Waals surface area contributed by atoms with E-state index in [1.165, 1.54) is 55.7 Å². The molecule has 0 saturated heterocycles. The maximum Gasteiger partial charge on any atom is 0.188 e. The summed E-state index contributed by atoms with van der Waals surface area (Å²) in [6.45, 7) is 12.8. The van der Waals surface area contributed by atoms with Gasteiger partial charge in [-0.25, -0.2) is 0 Å². The number of hydrogen-bond acceptors (Lipinski definition) is 3. The van der Waals surface area contributed by atoms with E-state index in [9.17, 15) is 0 Å². The molecule has 0 fully saturated rings. The van der Waals surface area contributed by atoms with Crippen LogP contribution in [-0.2, 0) is 12.0 Å². The molecule has 1 spiro atoms. The van der Waals surface area contributed by atoms with Crippen molar-refractivity contribution >= 4 is 22.3 Å². The Hall–Kier alpha value is -4.96. The molecule has 4 nitrogen and oxygen atoms in total. The van der Waals surface area contributed by atoms with E-state index in [0.717, 1.165) is 55.1 Å². The van der Waals surface area contributed by atoms with Gasteiger partial charge in [0.15, 0.2) is 5.60 Å². The number of fused-ring (bicyclic) bond motifs is 11. The number of nitrogens with zero attached hydrogens (tertiary/aromatic N) is 2. The Morgan fingerprint density at radius 1 is 0.587 bits per heavy atom. The standard InChI is InChI=1S/C42H41N3O/c1-5-44(6-2)30-19-21-36-33(26-30)34-27-31(45(7-3)8-4)20-22-37(34)42(36)40-32-16-12-13-17-38(32)43-41(40)35-25-29(18-23-39(35)46-42)24-28-14-10-9-11-15-28/h9-23,25-27,43H,5-8,24H2,1-4H3. The Morgan fingerprint density at radius 2 is 1.20 bits per heavy atom. The van der Waals surface area contributed by atoms with E-state index in [4.69, 9.17) is 4.74 Å². The number of nitrogens with one attached hydrogen (secondary N) is 1. The highest BCUT2D eigenvalue weighted by Gasteiger charge is 2.52. The van der Waals surface area contributed by atoms with Crippen LogP contribution in [0.15, 0.2) is 109 Å². The normalized spacial score (nSPS) is 13.6. The molecule has 8 rings (SSSR count). The second-order valence-electron chi connectivity index (χ2n) is 12.5. The lowest BCUT2D eigenvalue weighted by Crippen LogP contribution is -2.36. The molecular formula is C42H41N3O. The molecule has 0 amide bonds. The quantitative estimate of drug-likeness (QED) is 0.188. The fraction of sp³-hybridized carbons (Fsp3) is 0.238. The molecule has 0 unspecified atom stereocenters. The zero-order valence-corrected chi connectivity index (χ0v) is 27.2. The average molecular weight is 604 g/mol. The molecule has 0 saturated carbocycles. The van der Waals surface area contributed by atoms with Gasteiger partial charge in [-0.3, -0.25) is 0 Å². The van der Waals surface area contributed by atoms with Crippen molar-refractivity contribution in [1.29, 1.82) is 0 Å². The number of para-hydroxylation sites is 1. The molecule has 4 heteroatoms. The third-order valence-electron chi connectivity index (χ3n) is 10.2. The fourth-order valence-corrected chi connectivity index (χ4v) is 7.95. The maximum absolute atomic E-state index is 7.49. The lowest BCUT2D eigenvalue weighted by atomic mass is 9.79. The number of benzene rings is 5. The Kier molecular flexibility index (Phi) is 6.90. The Morgan fingerprint density at radius 3 is 1.83 bits per heavy atom. The summed E-state index contributed by atoms with van der Waals surface area (Å²) in [7, 11) is 0. The van der Waals surface area contributed by atoms with Crippen LogP contribution in [0.3, 0.4) is 0 Å². The smallest absolute Gasteiger partial charge is 0.188 e. The Labute approximate surface area is 272 Å². The molecule has 1 aromatic heterocycles. The van der Waals surface area contributed by atoms with Crippen LogP contribution in [0.2, 0.25) is 0 Å². The predicted molar refractivity (Wildman–Crippen MR) is 192 cm³/mol. The van der Waals surface area contributed by atoms with Crippen molar-refractivity contribution in [2.75, 3.05) is 36.0 Å². The van der Waals surface area contributed by atoms with E-state index < -0.39 is 5.60 Å². The summed E-state index contributed by atoms with van der Waals surface area (Å²) >= 11 is 0. The molecule has 2 aliphatic rings. The van der Waals surface area contributed by atoms with Crippen LogP contribution in [0.25, 0.3) is 33.3 Å². The van der Waals surface area contributed by atoms with Gasteiger partial charge in [0.25, 0.3) is 0 Å². The molecule has 5 aromatic carbocycles. The summed E-state index contributed by atoms with van der Waals surface area (Å²) in [5.41, 5.74) is 13.8. The highest BCUT2D eigenvalue weighted by atomic mass is 16.5. The van der Waals surface area contributed by atoms with Crippen LogP contribution >= 0.6 is 0 Å². The number of hydrogen-bond donors (Lipinski definition) is 1. The molecule has 0 radical (unpaired) electrons. The van der Waals surface area contributed by atoms with E-state index in [-0.39, 0.29) is 0 Å². The monoisotopic (exact) mass is 603 g/mol. The van der Waals surface area contributed by atoms with Crippen LogP contribution in [-0.4, -0.2) is 31.2 Å². The van der Waals surface area contributed by atoms with Crippen LogP contribution in [0.4, 0.5) is 11.4 Å². The topological polar surface area (TPSA) is 31.5 Å². The third kappa shape index (κ3) is 4.20. The first-order valence-electron chi connectivity index (χ1n) is 16.9. The van der Waals surface area contributed by atoms with Gasteiger partial charge in [-0.2, -0.15) is 0 Å².